The van der Waals surface area contributed by atoms with Crippen LogP contribution in [0.5, 0.6) is 0 Å². The molecule has 1 saturated heterocycles. The first-order valence-electron chi connectivity index (χ1n) is 4.60. The predicted octanol–water partition coefficient (Wildman–Crippen LogP) is 1.88. The fraction of sp³-hybridized carbons (Fsp3) is 0.800. The second-order valence-corrected chi connectivity index (χ2v) is 3.79. The first kappa shape index (κ1) is 9.75. The van der Waals surface area contributed by atoms with Gasteiger partial charge < -0.3 is 9.84 Å². The molecule has 1 aliphatic rings. The Labute approximate surface area is 74.2 Å². The maximum absolute atomic E-state index is 9.55. The van der Waals surface area contributed by atoms with Gasteiger partial charge in [-0.2, -0.15) is 0 Å². The topological polar surface area (TPSA) is 29.5 Å². The Morgan fingerprint density at radius 3 is 2.83 bits per heavy atom. The van der Waals surface area contributed by atoms with Gasteiger partial charge in [-0.05, 0) is 13.3 Å². The van der Waals surface area contributed by atoms with Gasteiger partial charge in [0.1, 0.15) is 6.10 Å². The van der Waals surface area contributed by atoms with E-state index < -0.39 is 0 Å². The van der Waals surface area contributed by atoms with E-state index in [1.807, 2.05) is 0 Å². The third-order valence-electron chi connectivity index (χ3n) is 2.45. The smallest absolute Gasteiger partial charge is 0.102 e. The Kier molecular flexibility index (Phi) is 2.91. The monoisotopic (exact) mass is 170 g/mol. The molecule has 2 nitrogen and oxygen atoms in total. The molecule has 12 heavy (non-hydrogen) atoms. The highest BCUT2D eigenvalue weighted by Gasteiger charge is 2.40. The lowest BCUT2D eigenvalue weighted by atomic mass is 9.95. The molecule has 0 radical (unpaired) electrons. The van der Waals surface area contributed by atoms with Gasteiger partial charge >= 0.3 is 0 Å². The number of hydrogen-bond donors (Lipinski definition) is 1. The molecule has 1 N–H and O–H groups in total. The molecule has 0 bridgehead atoms. The molecule has 0 aromatic carbocycles. The first-order valence-corrected chi connectivity index (χ1v) is 4.60. The largest absolute Gasteiger partial charge is 0.390 e. The highest BCUT2D eigenvalue weighted by molar-refractivity contribution is 4.98. The lowest BCUT2D eigenvalue weighted by Crippen LogP contribution is -2.23. The predicted molar refractivity (Wildman–Crippen MR) is 49.0 cm³/mol. The molecule has 3 atom stereocenters. The maximum atomic E-state index is 9.55. The lowest BCUT2D eigenvalue weighted by molar-refractivity contribution is -0.0245. The van der Waals surface area contributed by atoms with Gasteiger partial charge in [-0.25, -0.2) is 0 Å². The Bertz CT molecular complexity index is 167. The van der Waals surface area contributed by atoms with Crippen LogP contribution >= 0.6 is 0 Å². The Morgan fingerprint density at radius 1 is 1.75 bits per heavy atom. The molecule has 1 heterocycles. The highest BCUT2D eigenvalue weighted by Crippen LogP contribution is 2.34. The molecule has 1 fully saturated rings. The standard InChI is InChI=1S/C10H18O2/c1-4-6-10(3)7-8(11)9(5-2)12-10/h5,8-9,11H,2,4,6-7H2,1,3H3/t8-,9+,10-/m1/s1. The minimum absolute atomic E-state index is 0.132. The van der Waals surface area contributed by atoms with E-state index in [-0.39, 0.29) is 17.8 Å². The molecule has 1 rings (SSSR count). The van der Waals surface area contributed by atoms with Crippen molar-refractivity contribution in [2.75, 3.05) is 0 Å². The van der Waals surface area contributed by atoms with E-state index in [9.17, 15) is 5.11 Å². The van der Waals surface area contributed by atoms with E-state index in [0.717, 1.165) is 19.3 Å². The average molecular weight is 170 g/mol. The molecule has 70 valence electrons. The van der Waals surface area contributed by atoms with Crippen LogP contribution in [0.1, 0.15) is 33.1 Å². The summed E-state index contributed by atoms with van der Waals surface area (Å²) in [6, 6.07) is 0. The van der Waals surface area contributed by atoms with Crippen LogP contribution < -0.4 is 0 Å². The summed E-state index contributed by atoms with van der Waals surface area (Å²) in [7, 11) is 0. The van der Waals surface area contributed by atoms with Crippen LogP contribution in [0.4, 0.5) is 0 Å². The minimum Gasteiger partial charge on any atom is -0.390 e. The van der Waals surface area contributed by atoms with Crippen LogP contribution in [-0.2, 0) is 4.74 Å². The molecule has 2 heteroatoms. The summed E-state index contributed by atoms with van der Waals surface area (Å²) in [4.78, 5) is 0. The maximum Gasteiger partial charge on any atom is 0.102 e. The summed E-state index contributed by atoms with van der Waals surface area (Å²) in [5.74, 6) is 0. The number of aliphatic hydroxyl groups excluding tert-OH is 1. The van der Waals surface area contributed by atoms with Crippen molar-refractivity contribution in [2.24, 2.45) is 0 Å². The quantitative estimate of drug-likeness (QED) is 0.655. The van der Waals surface area contributed by atoms with Crippen LogP contribution in [0, 0.1) is 0 Å². The van der Waals surface area contributed by atoms with Gasteiger partial charge in [0.05, 0.1) is 11.7 Å². The summed E-state index contributed by atoms with van der Waals surface area (Å²) >= 11 is 0. The Hall–Kier alpha value is -0.340. The zero-order valence-electron chi connectivity index (χ0n) is 7.92. The summed E-state index contributed by atoms with van der Waals surface area (Å²) in [5, 5.41) is 9.55. The van der Waals surface area contributed by atoms with Crippen molar-refractivity contribution < 1.29 is 9.84 Å². The fourth-order valence-electron chi connectivity index (χ4n) is 1.91. The van der Waals surface area contributed by atoms with E-state index in [1.165, 1.54) is 0 Å². The zero-order chi connectivity index (χ0) is 9.19. The van der Waals surface area contributed by atoms with Gasteiger partial charge in [0.15, 0.2) is 0 Å². The van der Waals surface area contributed by atoms with E-state index in [4.69, 9.17) is 4.74 Å². The Morgan fingerprint density at radius 2 is 2.42 bits per heavy atom. The van der Waals surface area contributed by atoms with Crippen molar-refractivity contribution in [1.29, 1.82) is 0 Å². The van der Waals surface area contributed by atoms with Gasteiger partial charge in [-0.3, -0.25) is 0 Å². The molecule has 0 unspecified atom stereocenters. The normalized spacial score (nSPS) is 41.6. The van der Waals surface area contributed by atoms with Crippen molar-refractivity contribution in [1.82, 2.24) is 0 Å². The number of aliphatic hydroxyl groups is 1. The minimum atomic E-state index is -0.362. The SMILES string of the molecule is C=C[C@@H]1O[C@](C)(CCC)C[C@H]1O. The lowest BCUT2D eigenvalue weighted by Gasteiger charge is -2.22. The number of ether oxygens (including phenoxy) is 1. The van der Waals surface area contributed by atoms with Crippen LogP contribution in [0.3, 0.4) is 0 Å². The molecule has 0 saturated carbocycles. The summed E-state index contributed by atoms with van der Waals surface area (Å²) in [6.45, 7) is 7.82. The van der Waals surface area contributed by atoms with Crippen molar-refractivity contribution in [2.45, 2.75) is 50.9 Å². The molecule has 0 amide bonds. The first-order chi connectivity index (χ1) is 5.61. The van der Waals surface area contributed by atoms with Crippen LogP contribution in [0.15, 0.2) is 12.7 Å². The van der Waals surface area contributed by atoms with Crippen LogP contribution in [0.25, 0.3) is 0 Å². The summed E-state index contributed by atoms with van der Waals surface area (Å²) in [5.41, 5.74) is -0.132. The van der Waals surface area contributed by atoms with E-state index in [2.05, 4.69) is 20.4 Å². The van der Waals surface area contributed by atoms with Gasteiger partial charge in [-0.1, -0.05) is 19.4 Å². The third-order valence-corrected chi connectivity index (χ3v) is 2.45. The van der Waals surface area contributed by atoms with Crippen LogP contribution in [0.2, 0.25) is 0 Å². The fourth-order valence-corrected chi connectivity index (χ4v) is 1.91. The van der Waals surface area contributed by atoms with Crippen molar-refractivity contribution in [3.05, 3.63) is 12.7 Å². The molecule has 0 aromatic rings. The zero-order valence-corrected chi connectivity index (χ0v) is 7.92. The second kappa shape index (κ2) is 3.58. The van der Waals surface area contributed by atoms with Crippen molar-refractivity contribution in [3.63, 3.8) is 0 Å². The molecule has 1 aliphatic heterocycles. The molecule has 0 spiro atoms. The Balaban J connectivity index is 2.56. The molecular formula is C10H18O2. The summed E-state index contributed by atoms with van der Waals surface area (Å²) < 4.78 is 5.68. The van der Waals surface area contributed by atoms with Gasteiger partial charge in [0, 0.05) is 6.42 Å². The molecule has 0 aliphatic carbocycles. The molecular weight excluding hydrogens is 152 g/mol. The van der Waals surface area contributed by atoms with Gasteiger partial charge in [0.2, 0.25) is 0 Å². The second-order valence-electron chi connectivity index (χ2n) is 3.79. The average Bonchev–Trinajstić information content (AvgIpc) is 2.27. The van der Waals surface area contributed by atoms with Crippen molar-refractivity contribution in [3.8, 4) is 0 Å². The van der Waals surface area contributed by atoms with Gasteiger partial charge in [-0.15, -0.1) is 6.58 Å². The van der Waals surface area contributed by atoms with E-state index >= 15 is 0 Å². The third kappa shape index (κ3) is 1.87. The van der Waals surface area contributed by atoms with Crippen molar-refractivity contribution >= 4 is 0 Å². The summed E-state index contributed by atoms with van der Waals surface area (Å²) in [6.07, 6.45) is 3.99. The highest BCUT2D eigenvalue weighted by atomic mass is 16.5. The number of hydrogen-bond acceptors (Lipinski definition) is 2. The number of rotatable bonds is 3. The molecule has 0 aromatic heterocycles. The van der Waals surface area contributed by atoms with E-state index in [1.54, 1.807) is 6.08 Å². The van der Waals surface area contributed by atoms with Crippen LogP contribution in [-0.4, -0.2) is 22.9 Å². The van der Waals surface area contributed by atoms with Gasteiger partial charge in [0.25, 0.3) is 0 Å². The van der Waals surface area contributed by atoms with E-state index in [0.29, 0.717) is 0 Å².